The molecule has 17 heavy (non-hydrogen) atoms. The van der Waals surface area contributed by atoms with E-state index in [1.54, 1.807) is 0 Å². The molecule has 0 bridgehead atoms. The Balaban J connectivity index is 1.93. The molecule has 0 heterocycles. The average molecular weight is 234 g/mol. The summed E-state index contributed by atoms with van der Waals surface area (Å²) >= 11 is 0. The van der Waals surface area contributed by atoms with Crippen molar-refractivity contribution >= 4 is 6.03 Å². The van der Waals surface area contributed by atoms with E-state index in [0.29, 0.717) is 11.0 Å². The molecular formula is C13H18N2O2. The number of hydrogen-bond acceptors (Lipinski definition) is 2. The number of nitrogens with zero attached hydrogens (tertiary/aromatic N) is 1. The Labute approximate surface area is 101 Å². The molecule has 1 aromatic carbocycles. The molecule has 3 N–H and O–H groups in total. The SMILES string of the molecule is NC(=O)N(O)[C@H]1CC[C@@H](c2ccccc2)CC1. The van der Waals surface area contributed by atoms with E-state index in [9.17, 15) is 10.0 Å². The maximum absolute atomic E-state index is 10.8. The Kier molecular flexibility index (Phi) is 3.64. The highest BCUT2D eigenvalue weighted by Crippen LogP contribution is 2.34. The summed E-state index contributed by atoms with van der Waals surface area (Å²) < 4.78 is 0. The van der Waals surface area contributed by atoms with Gasteiger partial charge in [-0.1, -0.05) is 30.3 Å². The van der Waals surface area contributed by atoms with Gasteiger partial charge in [-0.2, -0.15) is 0 Å². The summed E-state index contributed by atoms with van der Waals surface area (Å²) in [5, 5.41) is 10.1. The van der Waals surface area contributed by atoms with Crippen LogP contribution in [-0.4, -0.2) is 22.3 Å². The van der Waals surface area contributed by atoms with E-state index >= 15 is 0 Å². The molecule has 2 rings (SSSR count). The van der Waals surface area contributed by atoms with Crippen molar-refractivity contribution in [2.45, 2.75) is 37.6 Å². The molecule has 1 fully saturated rings. The third-order valence-corrected chi connectivity index (χ3v) is 3.54. The third-order valence-electron chi connectivity index (χ3n) is 3.54. The largest absolute Gasteiger partial charge is 0.350 e. The zero-order valence-electron chi connectivity index (χ0n) is 9.75. The van der Waals surface area contributed by atoms with Crippen molar-refractivity contribution < 1.29 is 10.0 Å². The van der Waals surface area contributed by atoms with Gasteiger partial charge in [-0.25, -0.2) is 9.86 Å². The van der Waals surface area contributed by atoms with Gasteiger partial charge in [0, 0.05) is 0 Å². The maximum atomic E-state index is 10.8. The second kappa shape index (κ2) is 5.19. The molecule has 0 radical (unpaired) electrons. The molecule has 1 saturated carbocycles. The van der Waals surface area contributed by atoms with Gasteiger partial charge in [0.25, 0.3) is 0 Å². The number of hydrogen-bond donors (Lipinski definition) is 2. The molecule has 92 valence electrons. The molecule has 0 aliphatic heterocycles. The van der Waals surface area contributed by atoms with E-state index < -0.39 is 6.03 Å². The van der Waals surface area contributed by atoms with E-state index in [1.165, 1.54) is 5.56 Å². The Morgan fingerprint density at radius 1 is 1.18 bits per heavy atom. The summed E-state index contributed by atoms with van der Waals surface area (Å²) in [6.07, 6.45) is 3.58. The Hall–Kier alpha value is -1.55. The summed E-state index contributed by atoms with van der Waals surface area (Å²) in [4.78, 5) is 10.8. The fourth-order valence-corrected chi connectivity index (χ4v) is 2.56. The predicted octanol–water partition coefficient (Wildman–Crippen LogP) is 2.48. The van der Waals surface area contributed by atoms with E-state index in [0.717, 1.165) is 25.7 Å². The second-order valence-corrected chi connectivity index (χ2v) is 4.60. The van der Waals surface area contributed by atoms with Crippen molar-refractivity contribution in [3.63, 3.8) is 0 Å². The molecule has 2 amide bonds. The lowest BCUT2D eigenvalue weighted by molar-refractivity contribution is -0.0850. The van der Waals surface area contributed by atoms with E-state index in [1.807, 2.05) is 18.2 Å². The standard InChI is InChI=1S/C13H18N2O2/c14-13(16)15(17)12-8-6-11(7-9-12)10-4-2-1-3-5-10/h1-5,11-12,17H,6-9H2,(H2,14,16)/t11-,12+. The zero-order chi connectivity index (χ0) is 12.3. The van der Waals surface area contributed by atoms with Crippen molar-refractivity contribution in [1.82, 2.24) is 5.06 Å². The maximum Gasteiger partial charge on any atom is 0.338 e. The molecule has 4 nitrogen and oxygen atoms in total. The van der Waals surface area contributed by atoms with Crippen LogP contribution < -0.4 is 5.73 Å². The number of benzene rings is 1. The minimum atomic E-state index is -0.756. The molecule has 1 aliphatic rings. The van der Waals surface area contributed by atoms with Crippen LogP contribution in [0.1, 0.15) is 37.2 Å². The van der Waals surface area contributed by atoms with Gasteiger partial charge in [-0.15, -0.1) is 0 Å². The number of urea groups is 1. The van der Waals surface area contributed by atoms with Crippen LogP contribution in [0.2, 0.25) is 0 Å². The van der Waals surface area contributed by atoms with Crippen LogP contribution in [-0.2, 0) is 0 Å². The monoisotopic (exact) mass is 234 g/mol. The minimum absolute atomic E-state index is 0.118. The summed E-state index contributed by atoms with van der Waals surface area (Å²) in [5.41, 5.74) is 6.39. The first-order chi connectivity index (χ1) is 8.18. The van der Waals surface area contributed by atoms with Crippen LogP contribution in [0.15, 0.2) is 30.3 Å². The first kappa shape index (κ1) is 11.9. The lowest BCUT2D eigenvalue weighted by Crippen LogP contribution is -2.42. The fraction of sp³-hybridized carbons (Fsp3) is 0.462. The minimum Gasteiger partial charge on any atom is -0.350 e. The van der Waals surface area contributed by atoms with Gasteiger partial charge in [0.15, 0.2) is 0 Å². The third kappa shape index (κ3) is 2.77. The van der Waals surface area contributed by atoms with E-state index in [4.69, 9.17) is 5.73 Å². The van der Waals surface area contributed by atoms with Crippen LogP contribution >= 0.6 is 0 Å². The van der Waals surface area contributed by atoms with E-state index in [2.05, 4.69) is 12.1 Å². The van der Waals surface area contributed by atoms with Crippen molar-refractivity contribution in [1.29, 1.82) is 0 Å². The Bertz CT molecular complexity index is 372. The highest BCUT2D eigenvalue weighted by molar-refractivity contribution is 5.70. The number of amides is 2. The smallest absolute Gasteiger partial charge is 0.338 e. The molecule has 0 saturated heterocycles. The number of nitrogens with two attached hydrogens (primary N) is 1. The normalized spacial score (nSPS) is 24.3. The topological polar surface area (TPSA) is 66.6 Å². The summed E-state index contributed by atoms with van der Waals surface area (Å²) in [6, 6.07) is 9.50. The van der Waals surface area contributed by atoms with Crippen LogP contribution in [0.4, 0.5) is 4.79 Å². The number of carbonyl (C=O) groups excluding carboxylic acids is 1. The Morgan fingerprint density at radius 2 is 1.76 bits per heavy atom. The molecule has 1 aromatic rings. The van der Waals surface area contributed by atoms with Crippen molar-refractivity contribution in [2.24, 2.45) is 5.73 Å². The van der Waals surface area contributed by atoms with Crippen LogP contribution in [0, 0.1) is 0 Å². The van der Waals surface area contributed by atoms with Crippen molar-refractivity contribution in [3.8, 4) is 0 Å². The molecule has 0 spiro atoms. The van der Waals surface area contributed by atoms with Gasteiger partial charge in [0.1, 0.15) is 0 Å². The quantitative estimate of drug-likeness (QED) is 0.609. The molecule has 0 unspecified atom stereocenters. The predicted molar refractivity (Wildman–Crippen MR) is 64.6 cm³/mol. The van der Waals surface area contributed by atoms with Crippen LogP contribution in [0.5, 0.6) is 0 Å². The van der Waals surface area contributed by atoms with E-state index in [-0.39, 0.29) is 6.04 Å². The van der Waals surface area contributed by atoms with Gasteiger partial charge < -0.3 is 5.73 Å². The van der Waals surface area contributed by atoms with Gasteiger partial charge in [0.05, 0.1) is 6.04 Å². The summed E-state index contributed by atoms with van der Waals surface area (Å²) in [6.45, 7) is 0. The number of primary amides is 1. The summed E-state index contributed by atoms with van der Waals surface area (Å²) in [7, 11) is 0. The number of carbonyl (C=O) groups is 1. The number of rotatable bonds is 2. The number of hydroxylamine groups is 2. The van der Waals surface area contributed by atoms with Gasteiger partial charge in [-0.05, 0) is 37.2 Å². The molecule has 0 atom stereocenters. The van der Waals surface area contributed by atoms with Gasteiger partial charge in [0.2, 0.25) is 0 Å². The fourth-order valence-electron chi connectivity index (χ4n) is 2.56. The molecule has 4 heteroatoms. The average Bonchev–Trinajstić information content (AvgIpc) is 2.39. The highest BCUT2D eigenvalue weighted by atomic mass is 16.5. The highest BCUT2D eigenvalue weighted by Gasteiger charge is 2.27. The van der Waals surface area contributed by atoms with Crippen LogP contribution in [0.3, 0.4) is 0 Å². The first-order valence-electron chi connectivity index (χ1n) is 6.01. The Morgan fingerprint density at radius 3 is 2.29 bits per heavy atom. The second-order valence-electron chi connectivity index (χ2n) is 4.60. The van der Waals surface area contributed by atoms with Crippen LogP contribution in [0.25, 0.3) is 0 Å². The zero-order valence-corrected chi connectivity index (χ0v) is 9.75. The van der Waals surface area contributed by atoms with Crippen molar-refractivity contribution in [3.05, 3.63) is 35.9 Å². The first-order valence-corrected chi connectivity index (χ1v) is 6.01. The lowest BCUT2D eigenvalue weighted by atomic mass is 9.82. The molecular weight excluding hydrogens is 216 g/mol. The van der Waals surface area contributed by atoms with Gasteiger partial charge >= 0.3 is 6.03 Å². The van der Waals surface area contributed by atoms with Crippen molar-refractivity contribution in [2.75, 3.05) is 0 Å². The molecule has 1 aliphatic carbocycles. The summed E-state index contributed by atoms with van der Waals surface area (Å²) in [5.74, 6) is 0.536. The van der Waals surface area contributed by atoms with Gasteiger partial charge in [-0.3, -0.25) is 5.21 Å². The lowest BCUT2D eigenvalue weighted by Gasteiger charge is -2.32. The molecule has 0 aromatic heterocycles.